The Balaban J connectivity index is 3.14. The summed E-state index contributed by atoms with van der Waals surface area (Å²) in [5.41, 5.74) is -0.202. The van der Waals surface area contributed by atoms with E-state index >= 15 is 0 Å². The Morgan fingerprint density at radius 1 is 1.31 bits per heavy atom. The van der Waals surface area contributed by atoms with Crippen LogP contribution in [0.2, 0.25) is 0 Å². The van der Waals surface area contributed by atoms with Gasteiger partial charge in [0.1, 0.15) is 6.07 Å². The minimum atomic E-state index is -1.62. The Bertz CT molecular complexity index is 406. The van der Waals surface area contributed by atoms with Crippen LogP contribution in [0.5, 0.6) is 0 Å². The third-order valence-corrected chi connectivity index (χ3v) is 1.45. The van der Waals surface area contributed by atoms with E-state index in [0.29, 0.717) is 0 Å². The molecule has 1 rings (SSSR count). The number of carbonyl (C=O) groups excluding carboxylic acids is 2. The number of Topliss-reactive ketones (excluding diaryl/α,β-unsaturated/α-hetero) is 1. The highest BCUT2D eigenvalue weighted by atomic mass is 19.1. The molecule has 0 saturated carbocycles. The standard InChI is InChI=1S/C9H4FNO2/c10-9(13)7-3-1-2-6(4-7)8(12)5-11/h1-4H. The fourth-order valence-corrected chi connectivity index (χ4v) is 0.847. The Labute approximate surface area is 73.4 Å². The zero-order chi connectivity index (χ0) is 9.84. The molecule has 0 fully saturated rings. The topological polar surface area (TPSA) is 57.9 Å². The Hall–Kier alpha value is -2.02. The predicted octanol–water partition coefficient (Wildman–Crippen LogP) is 1.50. The van der Waals surface area contributed by atoms with E-state index in [9.17, 15) is 14.0 Å². The fraction of sp³-hybridized carbons (Fsp3) is 0. The number of benzene rings is 1. The predicted molar refractivity (Wildman–Crippen MR) is 41.8 cm³/mol. The second-order valence-electron chi connectivity index (χ2n) is 2.30. The van der Waals surface area contributed by atoms with Crippen molar-refractivity contribution >= 4 is 11.8 Å². The van der Waals surface area contributed by atoms with Crippen LogP contribution in [0.15, 0.2) is 24.3 Å². The summed E-state index contributed by atoms with van der Waals surface area (Å²) >= 11 is 0. The van der Waals surface area contributed by atoms with Crippen molar-refractivity contribution in [2.75, 3.05) is 0 Å². The second kappa shape index (κ2) is 3.59. The SMILES string of the molecule is N#CC(=O)c1cccc(C(=O)F)c1. The number of rotatable bonds is 2. The third-order valence-electron chi connectivity index (χ3n) is 1.45. The molecular weight excluding hydrogens is 173 g/mol. The lowest BCUT2D eigenvalue weighted by Crippen LogP contribution is -1.97. The Morgan fingerprint density at radius 3 is 2.46 bits per heavy atom. The summed E-state index contributed by atoms with van der Waals surface area (Å²) in [5.74, 6) is -0.789. The molecule has 0 saturated heterocycles. The first-order valence-electron chi connectivity index (χ1n) is 3.39. The van der Waals surface area contributed by atoms with Gasteiger partial charge in [0.25, 0.3) is 5.78 Å². The number of carbonyl (C=O) groups is 2. The van der Waals surface area contributed by atoms with Gasteiger partial charge in [0.15, 0.2) is 0 Å². The van der Waals surface area contributed by atoms with Crippen LogP contribution in [0.4, 0.5) is 4.39 Å². The number of nitriles is 1. The molecule has 0 unspecified atom stereocenters. The molecule has 0 heterocycles. The number of nitrogens with zero attached hydrogens (tertiary/aromatic N) is 1. The summed E-state index contributed by atoms with van der Waals surface area (Å²) in [6, 6.07) is 4.73. The molecule has 4 heteroatoms. The molecule has 0 bridgehead atoms. The van der Waals surface area contributed by atoms with Crippen molar-refractivity contribution < 1.29 is 14.0 Å². The van der Waals surface area contributed by atoms with Gasteiger partial charge in [-0.2, -0.15) is 9.65 Å². The van der Waals surface area contributed by atoms with Crippen LogP contribution in [0.25, 0.3) is 0 Å². The highest BCUT2D eigenvalue weighted by molar-refractivity contribution is 6.08. The summed E-state index contributed by atoms with van der Waals surface area (Å²) < 4.78 is 12.1. The summed E-state index contributed by atoms with van der Waals surface area (Å²) in [7, 11) is 0. The van der Waals surface area contributed by atoms with Gasteiger partial charge in [-0.25, -0.2) is 0 Å². The number of hydrogen-bond acceptors (Lipinski definition) is 3. The lowest BCUT2D eigenvalue weighted by Gasteiger charge is -1.94. The second-order valence-corrected chi connectivity index (χ2v) is 2.30. The van der Waals surface area contributed by atoms with Crippen LogP contribution >= 0.6 is 0 Å². The lowest BCUT2D eigenvalue weighted by molar-refractivity contribution is 0.0836. The van der Waals surface area contributed by atoms with Crippen LogP contribution in [0.3, 0.4) is 0 Å². The van der Waals surface area contributed by atoms with E-state index in [2.05, 4.69) is 0 Å². The highest BCUT2D eigenvalue weighted by Crippen LogP contribution is 2.07. The van der Waals surface area contributed by atoms with Gasteiger partial charge in [-0.1, -0.05) is 12.1 Å². The summed E-state index contributed by atoms with van der Waals surface area (Å²) in [5, 5.41) is 8.24. The molecule has 3 nitrogen and oxygen atoms in total. The van der Waals surface area contributed by atoms with Crippen molar-refractivity contribution in [2.24, 2.45) is 0 Å². The lowest BCUT2D eigenvalue weighted by atomic mass is 10.1. The molecular formula is C9H4FNO2. The number of halogens is 1. The van der Waals surface area contributed by atoms with E-state index in [4.69, 9.17) is 5.26 Å². The average Bonchev–Trinajstić information content (AvgIpc) is 2.17. The zero-order valence-corrected chi connectivity index (χ0v) is 6.45. The largest absolute Gasteiger partial charge is 0.332 e. The Kier molecular flexibility index (Phi) is 2.50. The maximum atomic E-state index is 12.1. The van der Waals surface area contributed by atoms with Crippen LogP contribution in [-0.2, 0) is 0 Å². The van der Waals surface area contributed by atoms with Crippen LogP contribution in [-0.4, -0.2) is 11.8 Å². The molecule has 1 aromatic carbocycles. The van der Waals surface area contributed by atoms with E-state index in [1.54, 1.807) is 0 Å². The minimum absolute atomic E-state index is 0.0194. The van der Waals surface area contributed by atoms with Crippen molar-refractivity contribution in [2.45, 2.75) is 0 Å². The average molecular weight is 177 g/mol. The van der Waals surface area contributed by atoms with Gasteiger partial charge in [0, 0.05) is 5.56 Å². The summed E-state index contributed by atoms with van der Waals surface area (Å²) in [6.45, 7) is 0. The van der Waals surface area contributed by atoms with Crippen LogP contribution in [0.1, 0.15) is 20.7 Å². The van der Waals surface area contributed by atoms with Crippen molar-refractivity contribution in [1.29, 1.82) is 5.26 Å². The maximum absolute atomic E-state index is 12.1. The van der Waals surface area contributed by atoms with Crippen LogP contribution < -0.4 is 0 Å². The first kappa shape index (κ1) is 9.07. The van der Waals surface area contributed by atoms with Crippen molar-refractivity contribution in [3.8, 4) is 6.07 Å². The van der Waals surface area contributed by atoms with E-state index in [1.165, 1.54) is 24.3 Å². The van der Waals surface area contributed by atoms with Crippen molar-refractivity contribution in [3.63, 3.8) is 0 Å². The molecule has 0 aliphatic heterocycles. The van der Waals surface area contributed by atoms with Gasteiger partial charge in [0.05, 0.1) is 5.56 Å². The normalized spacial score (nSPS) is 8.92. The number of hydrogen-bond donors (Lipinski definition) is 0. The van der Waals surface area contributed by atoms with Gasteiger partial charge in [-0.3, -0.25) is 9.59 Å². The quantitative estimate of drug-likeness (QED) is 0.390. The van der Waals surface area contributed by atoms with E-state index in [1.807, 2.05) is 0 Å². The monoisotopic (exact) mass is 177 g/mol. The highest BCUT2D eigenvalue weighted by Gasteiger charge is 2.08. The molecule has 0 aliphatic carbocycles. The molecule has 0 aromatic heterocycles. The molecule has 0 aliphatic rings. The van der Waals surface area contributed by atoms with Gasteiger partial charge in [-0.15, -0.1) is 0 Å². The van der Waals surface area contributed by atoms with Crippen molar-refractivity contribution in [3.05, 3.63) is 35.4 Å². The molecule has 0 atom stereocenters. The first-order chi connectivity index (χ1) is 6.15. The minimum Gasteiger partial charge on any atom is -0.277 e. The van der Waals surface area contributed by atoms with E-state index in [-0.39, 0.29) is 11.1 Å². The smallest absolute Gasteiger partial charge is 0.277 e. The van der Waals surface area contributed by atoms with E-state index < -0.39 is 11.8 Å². The molecule has 13 heavy (non-hydrogen) atoms. The Morgan fingerprint density at radius 2 is 1.92 bits per heavy atom. The number of ketones is 1. The molecule has 64 valence electrons. The molecule has 0 radical (unpaired) electrons. The summed E-state index contributed by atoms with van der Waals surface area (Å²) in [6.07, 6.45) is 0. The van der Waals surface area contributed by atoms with E-state index in [0.717, 1.165) is 6.07 Å². The molecule has 0 spiro atoms. The molecule has 0 N–H and O–H groups in total. The van der Waals surface area contributed by atoms with Crippen molar-refractivity contribution in [1.82, 2.24) is 0 Å². The summed E-state index contributed by atoms with van der Waals surface area (Å²) in [4.78, 5) is 21.0. The molecule has 0 amide bonds. The van der Waals surface area contributed by atoms with Gasteiger partial charge < -0.3 is 0 Å². The van der Waals surface area contributed by atoms with Gasteiger partial charge in [-0.05, 0) is 12.1 Å². The fourth-order valence-electron chi connectivity index (χ4n) is 0.847. The first-order valence-corrected chi connectivity index (χ1v) is 3.39. The zero-order valence-electron chi connectivity index (χ0n) is 6.45. The van der Waals surface area contributed by atoms with Gasteiger partial charge in [0.2, 0.25) is 0 Å². The molecule has 1 aromatic rings. The van der Waals surface area contributed by atoms with Crippen LogP contribution in [0, 0.1) is 11.3 Å². The maximum Gasteiger partial charge on any atom is 0.332 e. The third kappa shape index (κ3) is 1.97. The van der Waals surface area contributed by atoms with Gasteiger partial charge >= 0.3 is 6.04 Å².